The SMILES string of the molecule is CCC(Sc1cc(-c2ccccc2)ncn1)C(=O)Nc1ccc(OC)cc1. The zero-order valence-corrected chi connectivity index (χ0v) is 16.1. The van der Waals surface area contributed by atoms with Crippen LogP contribution < -0.4 is 10.1 Å². The van der Waals surface area contributed by atoms with Gasteiger partial charge in [-0.1, -0.05) is 49.0 Å². The molecule has 0 aliphatic rings. The molecule has 6 heteroatoms. The Bertz CT molecular complexity index is 885. The van der Waals surface area contributed by atoms with E-state index >= 15 is 0 Å². The van der Waals surface area contributed by atoms with Gasteiger partial charge >= 0.3 is 0 Å². The van der Waals surface area contributed by atoms with E-state index in [9.17, 15) is 4.79 Å². The fourth-order valence-corrected chi connectivity index (χ4v) is 3.45. The van der Waals surface area contributed by atoms with Crippen LogP contribution in [-0.2, 0) is 4.79 Å². The van der Waals surface area contributed by atoms with Crippen molar-refractivity contribution in [3.8, 4) is 17.0 Å². The summed E-state index contributed by atoms with van der Waals surface area (Å²) in [5, 5.41) is 3.49. The van der Waals surface area contributed by atoms with Crippen LogP contribution in [0.1, 0.15) is 13.3 Å². The number of thioether (sulfide) groups is 1. The van der Waals surface area contributed by atoms with Crippen LogP contribution in [0.3, 0.4) is 0 Å². The van der Waals surface area contributed by atoms with Crippen molar-refractivity contribution in [1.82, 2.24) is 9.97 Å². The lowest BCUT2D eigenvalue weighted by Gasteiger charge is -2.15. The lowest BCUT2D eigenvalue weighted by atomic mass is 10.1. The van der Waals surface area contributed by atoms with Crippen molar-refractivity contribution in [1.29, 1.82) is 0 Å². The third-order valence-electron chi connectivity index (χ3n) is 4.00. The molecule has 0 saturated heterocycles. The molecule has 0 aliphatic heterocycles. The monoisotopic (exact) mass is 379 g/mol. The number of hydrogen-bond acceptors (Lipinski definition) is 5. The number of aromatic nitrogens is 2. The number of anilines is 1. The predicted octanol–water partition coefficient (Wildman–Crippen LogP) is 4.66. The number of hydrogen-bond donors (Lipinski definition) is 1. The van der Waals surface area contributed by atoms with E-state index in [1.165, 1.54) is 11.8 Å². The van der Waals surface area contributed by atoms with Gasteiger partial charge in [0.1, 0.15) is 17.1 Å². The first-order valence-corrected chi connectivity index (χ1v) is 9.56. The number of amides is 1. The van der Waals surface area contributed by atoms with Crippen molar-refractivity contribution in [3.63, 3.8) is 0 Å². The Morgan fingerprint density at radius 2 is 1.85 bits per heavy atom. The first-order chi connectivity index (χ1) is 13.2. The number of benzene rings is 2. The summed E-state index contributed by atoms with van der Waals surface area (Å²) in [5.41, 5.74) is 2.61. The van der Waals surface area contributed by atoms with Gasteiger partial charge in [-0.3, -0.25) is 4.79 Å². The van der Waals surface area contributed by atoms with Gasteiger partial charge in [-0.25, -0.2) is 9.97 Å². The van der Waals surface area contributed by atoms with Gasteiger partial charge in [0.25, 0.3) is 0 Å². The lowest BCUT2D eigenvalue weighted by molar-refractivity contribution is -0.115. The van der Waals surface area contributed by atoms with Crippen molar-refractivity contribution < 1.29 is 9.53 Å². The first-order valence-electron chi connectivity index (χ1n) is 8.68. The van der Waals surface area contributed by atoms with Gasteiger partial charge in [0.05, 0.1) is 18.1 Å². The number of carbonyl (C=O) groups is 1. The molecule has 138 valence electrons. The Kier molecular flexibility index (Phi) is 6.44. The van der Waals surface area contributed by atoms with E-state index < -0.39 is 0 Å². The quantitative estimate of drug-likeness (QED) is 0.478. The summed E-state index contributed by atoms with van der Waals surface area (Å²) in [4.78, 5) is 21.3. The number of carbonyl (C=O) groups excluding carboxylic acids is 1. The molecule has 0 bridgehead atoms. The number of methoxy groups -OCH3 is 1. The minimum Gasteiger partial charge on any atom is -0.497 e. The molecule has 1 heterocycles. The molecule has 0 saturated carbocycles. The first kappa shape index (κ1) is 18.9. The molecule has 1 N–H and O–H groups in total. The average Bonchev–Trinajstić information content (AvgIpc) is 2.73. The second kappa shape index (κ2) is 9.19. The van der Waals surface area contributed by atoms with Crippen LogP contribution in [0.4, 0.5) is 5.69 Å². The second-order valence-electron chi connectivity index (χ2n) is 5.84. The van der Waals surface area contributed by atoms with Gasteiger partial charge in [0.2, 0.25) is 5.91 Å². The summed E-state index contributed by atoms with van der Waals surface area (Å²) < 4.78 is 5.14. The summed E-state index contributed by atoms with van der Waals surface area (Å²) in [6.45, 7) is 1.99. The van der Waals surface area contributed by atoms with E-state index in [2.05, 4.69) is 15.3 Å². The van der Waals surface area contributed by atoms with Gasteiger partial charge in [0, 0.05) is 11.3 Å². The summed E-state index contributed by atoms with van der Waals surface area (Å²) in [6, 6.07) is 19.1. The van der Waals surface area contributed by atoms with Crippen molar-refractivity contribution in [2.45, 2.75) is 23.6 Å². The minimum absolute atomic E-state index is 0.0486. The molecule has 1 aromatic heterocycles. The number of ether oxygens (including phenoxy) is 1. The third kappa shape index (κ3) is 5.08. The molecule has 2 aromatic carbocycles. The van der Waals surface area contributed by atoms with Crippen LogP contribution in [0.2, 0.25) is 0 Å². The van der Waals surface area contributed by atoms with Crippen LogP contribution in [0.5, 0.6) is 5.75 Å². The molecular weight excluding hydrogens is 358 g/mol. The highest BCUT2D eigenvalue weighted by Gasteiger charge is 2.19. The lowest BCUT2D eigenvalue weighted by Crippen LogP contribution is -2.24. The molecule has 0 spiro atoms. The fraction of sp³-hybridized carbons (Fsp3) is 0.190. The van der Waals surface area contributed by atoms with Gasteiger partial charge < -0.3 is 10.1 Å². The molecule has 0 radical (unpaired) electrons. The largest absolute Gasteiger partial charge is 0.497 e. The highest BCUT2D eigenvalue weighted by atomic mass is 32.2. The normalized spacial score (nSPS) is 11.6. The maximum absolute atomic E-state index is 12.7. The summed E-state index contributed by atoms with van der Waals surface area (Å²) in [7, 11) is 1.61. The zero-order valence-electron chi connectivity index (χ0n) is 15.3. The molecule has 3 rings (SSSR count). The maximum atomic E-state index is 12.7. The molecule has 5 nitrogen and oxygen atoms in total. The van der Waals surface area contributed by atoms with E-state index in [0.717, 1.165) is 27.7 Å². The Labute approximate surface area is 163 Å². The van der Waals surface area contributed by atoms with E-state index in [-0.39, 0.29) is 11.2 Å². The van der Waals surface area contributed by atoms with E-state index in [4.69, 9.17) is 4.74 Å². The van der Waals surface area contributed by atoms with E-state index in [1.807, 2.05) is 67.6 Å². The summed E-state index contributed by atoms with van der Waals surface area (Å²) in [6.07, 6.45) is 2.23. The molecule has 0 aliphatic carbocycles. The molecule has 27 heavy (non-hydrogen) atoms. The van der Waals surface area contributed by atoms with Gasteiger partial charge in [0.15, 0.2) is 0 Å². The highest BCUT2D eigenvalue weighted by molar-refractivity contribution is 8.00. The topological polar surface area (TPSA) is 64.1 Å². The number of rotatable bonds is 7. The predicted molar refractivity (Wildman–Crippen MR) is 109 cm³/mol. The standard InChI is InChI=1S/C21H21N3O2S/c1-3-19(21(25)24-16-9-11-17(26-2)12-10-16)27-20-13-18(22-14-23-20)15-7-5-4-6-8-15/h4-14,19H,3H2,1-2H3,(H,24,25). The Morgan fingerprint density at radius 1 is 1.11 bits per heavy atom. The van der Waals surface area contributed by atoms with Gasteiger partial charge in [-0.05, 0) is 36.8 Å². The third-order valence-corrected chi connectivity index (χ3v) is 5.29. The van der Waals surface area contributed by atoms with Crippen molar-refractivity contribution >= 4 is 23.4 Å². The maximum Gasteiger partial charge on any atom is 0.237 e. The van der Waals surface area contributed by atoms with Crippen molar-refractivity contribution in [3.05, 3.63) is 67.0 Å². The van der Waals surface area contributed by atoms with Crippen LogP contribution in [0.15, 0.2) is 72.0 Å². The van der Waals surface area contributed by atoms with Crippen molar-refractivity contribution in [2.24, 2.45) is 0 Å². The van der Waals surface area contributed by atoms with E-state index in [0.29, 0.717) is 6.42 Å². The van der Waals surface area contributed by atoms with Gasteiger partial charge in [-0.15, -0.1) is 0 Å². The Hall–Kier alpha value is -2.86. The van der Waals surface area contributed by atoms with Crippen LogP contribution in [-0.4, -0.2) is 28.2 Å². The van der Waals surface area contributed by atoms with Crippen LogP contribution in [0.25, 0.3) is 11.3 Å². The highest BCUT2D eigenvalue weighted by Crippen LogP contribution is 2.27. The number of nitrogens with one attached hydrogen (secondary N) is 1. The smallest absolute Gasteiger partial charge is 0.237 e. The summed E-state index contributed by atoms with van der Waals surface area (Å²) >= 11 is 1.44. The molecule has 1 amide bonds. The minimum atomic E-state index is -0.245. The zero-order chi connectivity index (χ0) is 19.1. The molecular formula is C21H21N3O2S. The number of nitrogens with zero attached hydrogens (tertiary/aromatic N) is 2. The van der Waals surface area contributed by atoms with Gasteiger partial charge in [-0.2, -0.15) is 0 Å². The van der Waals surface area contributed by atoms with E-state index in [1.54, 1.807) is 13.4 Å². The Balaban J connectivity index is 1.69. The van der Waals surface area contributed by atoms with Crippen molar-refractivity contribution in [2.75, 3.05) is 12.4 Å². The molecule has 1 unspecified atom stereocenters. The van der Waals surface area contributed by atoms with Crippen LogP contribution >= 0.6 is 11.8 Å². The average molecular weight is 379 g/mol. The fourth-order valence-electron chi connectivity index (χ4n) is 2.54. The summed E-state index contributed by atoms with van der Waals surface area (Å²) in [5.74, 6) is 0.705. The molecule has 1 atom stereocenters. The second-order valence-corrected chi connectivity index (χ2v) is 7.06. The molecule has 0 fully saturated rings. The van der Waals surface area contributed by atoms with Crippen LogP contribution in [0, 0.1) is 0 Å². The molecule has 3 aromatic rings. The Morgan fingerprint density at radius 3 is 2.52 bits per heavy atom.